The number of sulfonamides is 1. The van der Waals surface area contributed by atoms with Crippen molar-refractivity contribution in [3.63, 3.8) is 0 Å². The lowest BCUT2D eigenvalue weighted by Gasteiger charge is -2.26. The summed E-state index contributed by atoms with van der Waals surface area (Å²) in [5, 5.41) is 2.56. The first-order valence-electron chi connectivity index (χ1n) is 8.49. The maximum Gasteiger partial charge on any atom is 0.220 e. The van der Waals surface area contributed by atoms with Gasteiger partial charge in [-0.1, -0.05) is 0 Å². The predicted octanol–water partition coefficient (Wildman–Crippen LogP) is 0.957. The number of carbonyl (C=O) groups is 2. The van der Waals surface area contributed by atoms with Crippen molar-refractivity contribution in [1.29, 1.82) is 0 Å². The molecule has 1 amide bonds. The van der Waals surface area contributed by atoms with Crippen LogP contribution < -0.4 is 5.32 Å². The second-order valence-electron chi connectivity index (χ2n) is 5.96. The summed E-state index contributed by atoms with van der Waals surface area (Å²) in [4.78, 5) is 23.7. The average molecular weight is 386 g/mol. The molecule has 0 unspecified atom stereocenters. The molecule has 0 radical (unpaired) electrons. The lowest BCUT2D eigenvalue weighted by atomic mass is 10.1. The molecule has 0 bridgehead atoms. The van der Waals surface area contributed by atoms with E-state index in [1.54, 1.807) is 0 Å². The summed E-state index contributed by atoms with van der Waals surface area (Å²) >= 11 is 0. The molecule has 0 aromatic heterocycles. The number of nitrogens with one attached hydrogen (secondary N) is 1. The highest BCUT2D eigenvalue weighted by atomic mass is 32.2. The maximum atomic E-state index is 12.8. The van der Waals surface area contributed by atoms with E-state index < -0.39 is 15.8 Å². The van der Waals surface area contributed by atoms with E-state index in [9.17, 15) is 22.4 Å². The van der Waals surface area contributed by atoms with Crippen molar-refractivity contribution in [1.82, 2.24) is 9.62 Å². The van der Waals surface area contributed by atoms with Crippen LogP contribution in [0.1, 0.15) is 29.6 Å². The number of hydrogen-bond acceptors (Lipinski definition) is 5. The van der Waals surface area contributed by atoms with Crippen molar-refractivity contribution in [3.05, 3.63) is 35.6 Å². The van der Waals surface area contributed by atoms with Crippen molar-refractivity contribution in [2.24, 2.45) is 0 Å². The zero-order chi connectivity index (χ0) is 19.0. The molecule has 1 aliphatic rings. The molecule has 9 heteroatoms. The van der Waals surface area contributed by atoms with E-state index in [-0.39, 0.29) is 36.8 Å². The molecular weight excluding hydrogens is 363 g/mol. The SMILES string of the molecule is O=C(CCCC(=O)c1ccc(F)cc1)NCCS(=O)(=O)N1CCOCC1. The third kappa shape index (κ3) is 6.47. The topological polar surface area (TPSA) is 92.8 Å². The van der Waals surface area contributed by atoms with Gasteiger partial charge in [0.1, 0.15) is 5.82 Å². The zero-order valence-corrected chi connectivity index (χ0v) is 15.3. The summed E-state index contributed by atoms with van der Waals surface area (Å²) in [6, 6.07) is 5.26. The fraction of sp³-hybridized carbons (Fsp3) is 0.529. The Morgan fingerprint density at radius 1 is 1.12 bits per heavy atom. The van der Waals surface area contributed by atoms with Crippen LogP contribution in [0.15, 0.2) is 24.3 Å². The van der Waals surface area contributed by atoms with E-state index in [1.165, 1.54) is 28.6 Å². The Hall–Kier alpha value is -1.84. The van der Waals surface area contributed by atoms with Crippen LogP contribution in [0.4, 0.5) is 4.39 Å². The van der Waals surface area contributed by atoms with Gasteiger partial charge in [-0.15, -0.1) is 0 Å². The number of ketones is 1. The Morgan fingerprint density at radius 2 is 1.77 bits per heavy atom. The Labute approximate surface area is 152 Å². The van der Waals surface area contributed by atoms with E-state index in [1.807, 2.05) is 0 Å². The molecule has 1 heterocycles. The Balaban J connectivity index is 1.64. The Bertz CT molecular complexity index is 715. The molecule has 0 atom stereocenters. The van der Waals surface area contributed by atoms with Gasteiger partial charge in [0.2, 0.25) is 15.9 Å². The number of nitrogens with zero attached hydrogens (tertiary/aromatic N) is 1. The summed E-state index contributed by atoms with van der Waals surface area (Å²) in [6.45, 7) is 1.47. The van der Waals surface area contributed by atoms with Gasteiger partial charge in [-0.25, -0.2) is 12.8 Å². The lowest BCUT2D eigenvalue weighted by Crippen LogP contribution is -2.43. The summed E-state index contributed by atoms with van der Waals surface area (Å²) in [5.41, 5.74) is 0.406. The number of ether oxygens (including phenoxy) is 1. The monoisotopic (exact) mass is 386 g/mol. The first-order chi connectivity index (χ1) is 12.4. The fourth-order valence-electron chi connectivity index (χ4n) is 2.55. The van der Waals surface area contributed by atoms with Gasteiger partial charge in [0.15, 0.2) is 5.78 Å². The maximum absolute atomic E-state index is 12.8. The van der Waals surface area contributed by atoms with Gasteiger partial charge in [-0.3, -0.25) is 9.59 Å². The van der Waals surface area contributed by atoms with Crippen LogP contribution in [-0.2, 0) is 19.6 Å². The molecule has 1 aromatic carbocycles. The van der Waals surface area contributed by atoms with E-state index in [4.69, 9.17) is 4.74 Å². The molecule has 1 aromatic rings. The molecule has 7 nitrogen and oxygen atoms in total. The number of benzene rings is 1. The van der Waals surface area contributed by atoms with E-state index >= 15 is 0 Å². The smallest absolute Gasteiger partial charge is 0.220 e. The van der Waals surface area contributed by atoms with Crippen molar-refractivity contribution in [3.8, 4) is 0 Å². The third-order valence-electron chi connectivity index (χ3n) is 4.02. The van der Waals surface area contributed by atoms with E-state index in [2.05, 4.69) is 5.32 Å². The summed E-state index contributed by atoms with van der Waals surface area (Å²) < 4.78 is 43.5. The molecule has 1 saturated heterocycles. The number of halogens is 1. The molecule has 1 fully saturated rings. The Kier molecular flexibility index (Phi) is 7.67. The van der Waals surface area contributed by atoms with Crippen molar-refractivity contribution >= 4 is 21.7 Å². The fourth-order valence-corrected chi connectivity index (χ4v) is 3.87. The lowest BCUT2D eigenvalue weighted by molar-refractivity contribution is -0.121. The van der Waals surface area contributed by atoms with Crippen molar-refractivity contribution in [2.75, 3.05) is 38.6 Å². The van der Waals surface area contributed by atoms with Crippen molar-refractivity contribution < 1.29 is 27.1 Å². The average Bonchev–Trinajstić information content (AvgIpc) is 2.63. The van der Waals surface area contributed by atoms with Gasteiger partial charge in [-0.2, -0.15) is 4.31 Å². The highest BCUT2D eigenvalue weighted by molar-refractivity contribution is 7.89. The number of rotatable bonds is 9. The molecule has 2 rings (SSSR count). The van der Waals surface area contributed by atoms with Crippen LogP contribution in [0, 0.1) is 5.82 Å². The number of morpholine rings is 1. The molecule has 1 N–H and O–H groups in total. The van der Waals surface area contributed by atoms with Crippen LogP contribution in [-0.4, -0.2) is 63.0 Å². The molecular formula is C17H23FN2O5S. The molecule has 0 spiro atoms. The first-order valence-corrected chi connectivity index (χ1v) is 10.1. The van der Waals surface area contributed by atoms with Gasteiger partial charge in [0.05, 0.1) is 19.0 Å². The van der Waals surface area contributed by atoms with Crippen LogP contribution in [0.3, 0.4) is 0 Å². The number of Topliss-reactive ketones (excluding diaryl/α,β-unsaturated/α-hetero) is 1. The first kappa shape index (κ1) is 20.5. The second kappa shape index (κ2) is 9.75. The minimum Gasteiger partial charge on any atom is -0.379 e. The van der Waals surface area contributed by atoms with E-state index in [0.717, 1.165) is 0 Å². The second-order valence-corrected chi connectivity index (χ2v) is 8.05. The number of amides is 1. The van der Waals surface area contributed by atoms with Gasteiger partial charge in [-0.05, 0) is 30.7 Å². The highest BCUT2D eigenvalue weighted by Crippen LogP contribution is 2.09. The van der Waals surface area contributed by atoms with Gasteiger partial charge in [0.25, 0.3) is 0 Å². The molecule has 26 heavy (non-hydrogen) atoms. The molecule has 0 saturated carbocycles. The minimum atomic E-state index is -3.40. The summed E-state index contributed by atoms with van der Waals surface area (Å²) in [6.07, 6.45) is 0.647. The van der Waals surface area contributed by atoms with Gasteiger partial charge in [0, 0.05) is 38.0 Å². The van der Waals surface area contributed by atoms with Crippen LogP contribution in [0.25, 0.3) is 0 Å². The predicted molar refractivity (Wildman–Crippen MR) is 93.8 cm³/mol. The normalized spacial score (nSPS) is 15.6. The zero-order valence-electron chi connectivity index (χ0n) is 14.4. The largest absolute Gasteiger partial charge is 0.379 e. The molecule has 1 aliphatic heterocycles. The van der Waals surface area contributed by atoms with Gasteiger partial charge >= 0.3 is 0 Å². The molecule has 0 aliphatic carbocycles. The Morgan fingerprint density at radius 3 is 2.42 bits per heavy atom. The molecule has 144 valence electrons. The van der Waals surface area contributed by atoms with Gasteiger partial charge < -0.3 is 10.1 Å². The quantitative estimate of drug-likeness (QED) is 0.638. The van der Waals surface area contributed by atoms with Crippen LogP contribution >= 0.6 is 0 Å². The third-order valence-corrected chi connectivity index (χ3v) is 5.89. The van der Waals surface area contributed by atoms with E-state index in [0.29, 0.717) is 38.3 Å². The number of carbonyl (C=O) groups excluding carboxylic acids is 2. The van der Waals surface area contributed by atoms with Crippen molar-refractivity contribution in [2.45, 2.75) is 19.3 Å². The number of hydrogen-bond donors (Lipinski definition) is 1. The highest BCUT2D eigenvalue weighted by Gasteiger charge is 2.23. The minimum absolute atomic E-state index is 0.0322. The standard InChI is InChI=1S/C17H23FN2O5S/c18-15-6-4-14(5-7-15)16(21)2-1-3-17(22)19-8-13-26(23,24)20-9-11-25-12-10-20/h4-7H,1-3,8-13H2,(H,19,22). The van der Waals surface area contributed by atoms with Crippen LogP contribution in [0.2, 0.25) is 0 Å². The summed E-state index contributed by atoms with van der Waals surface area (Å²) in [7, 11) is -3.40. The van der Waals surface area contributed by atoms with Crippen LogP contribution in [0.5, 0.6) is 0 Å². The summed E-state index contributed by atoms with van der Waals surface area (Å²) in [5.74, 6) is -1.03.